The van der Waals surface area contributed by atoms with Crippen molar-refractivity contribution in [1.29, 1.82) is 0 Å². The summed E-state index contributed by atoms with van der Waals surface area (Å²) in [6, 6.07) is 27.8. The maximum atomic E-state index is 15.2. The van der Waals surface area contributed by atoms with Gasteiger partial charge in [0.05, 0.1) is 34.5 Å². The van der Waals surface area contributed by atoms with Gasteiger partial charge in [0, 0.05) is 17.4 Å². The molecule has 6 unspecified atom stereocenters. The second-order valence-electron chi connectivity index (χ2n) is 13.8. The first-order valence-electron chi connectivity index (χ1n) is 17.1. The zero-order valence-corrected chi connectivity index (χ0v) is 29.6. The maximum Gasteiger partial charge on any atom is 0.488 e. The van der Waals surface area contributed by atoms with E-state index in [2.05, 4.69) is 15.9 Å². The number of carbonyl (C=O) groups excluding carboxylic acids is 4. The van der Waals surface area contributed by atoms with E-state index in [0.29, 0.717) is 26.7 Å². The van der Waals surface area contributed by atoms with Gasteiger partial charge in [-0.15, -0.1) is 0 Å². The van der Waals surface area contributed by atoms with Crippen LogP contribution < -0.4 is 15.1 Å². The summed E-state index contributed by atoms with van der Waals surface area (Å²) in [7, 11) is -0.363. The van der Waals surface area contributed by atoms with Gasteiger partial charge in [-0.2, -0.15) is 0 Å². The van der Waals surface area contributed by atoms with Gasteiger partial charge >= 0.3 is 7.12 Å². The van der Waals surface area contributed by atoms with Crippen LogP contribution in [0.25, 0.3) is 5.57 Å². The Morgan fingerprint density at radius 1 is 0.865 bits per heavy atom. The van der Waals surface area contributed by atoms with Crippen LogP contribution in [-0.4, -0.2) is 52.8 Å². The molecule has 1 saturated carbocycles. The van der Waals surface area contributed by atoms with Crippen LogP contribution in [0.5, 0.6) is 11.5 Å². The van der Waals surface area contributed by atoms with E-state index in [-0.39, 0.29) is 47.1 Å². The topological polar surface area (TPSA) is 141 Å². The number of carbonyl (C=O) groups is 4. The number of nitrogens with zero attached hydrogens (tertiary/aromatic N) is 1. The third-order valence-electron chi connectivity index (χ3n) is 11.4. The summed E-state index contributed by atoms with van der Waals surface area (Å²) < 4.78 is 5.91. The fraction of sp³-hybridized carbons (Fsp3) is 0.220. The van der Waals surface area contributed by atoms with Crippen molar-refractivity contribution in [3.63, 3.8) is 0 Å². The number of benzene rings is 4. The van der Waals surface area contributed by atoms with E-state index >= 15 is 9.59 Å². The van der Waals surface area contributed by atoms with Crippen molar-refractivity contribution in [3.05, 3.63) is 136 Å². The zero-order valence-electron chi connectivity index (χ0n) is 28.0. The third-order valence-corrected chi connectivity index (χ3v) is 12.0. The fourth-order valence-corrected chi connectivity index (χ4v) is 9.70. The van der Waals surface area contributed by atoms with Crippen LogP contribution >= 0.6 is 15.9 Å². The first kappa shape index (κ1) is 34.0. The largest absolute Gasteiger partial charge is 0.503 e. The number of halogens is 1. The van der Waals surface area contributed by atoms with Crippen molar-refractivity contribution in [2.24, 2.45) is 23.7 Å². The maximum absolute atomic E-state index is 15.2. The minimum absolute atomic E-state index is 0.124. The van der Waals surface area contributed by atoms with Gasteiger partial charge < -0.3 is 19.9 Å². The predicted molar refractivity (Wildman–Crippen MR) is 198 cm³/mol. The Morgan fingerprint density at radius 3 is 2.27 bits per heavy atom. The van der Waals surface area contributed by atoms with Gasteiger partial charge in [-0.25, -0.2) is 0 Å². The van der Waals surface area contributed by atoms with Gasteiger partial charge in [0.2, 0.25) is 11.8 Å². The van der Waals surface area contributed by atoms with Crippen molar-refractivity contribution in [2.45, 2.75) is 24.2 Å². The van der Waals surface area contributed by atoms with Crippen LogP contribution in [-0.2, 0) is 24.6 Å². The molecule has 1 saturated heterocycles. The smallest absolute Gasteiger partial charge is 0.488 e. The van der Waals surface area contributed by atoms with Gasteiger partial charge in [0.25, 0.3) is 0 Å². The molecule has 4 aromatic rings. The number of amides is 2. The Morgan fingerprint density at radius 2 is 1.58 bits per heavy atom. The monoisotopic (exact) mass is 757 g/mol. The average Bonchev–Trinajstić information content (AvgIpc) is 3.42. The molecule has 52 heavy (non-hydrogen) atoms. The Labute approximate surface area is 308 Å². The molecular formula is C41H33BBrNO8. The molecule has 1 aliphatic heterocycles. The number of imide groups is 1. The normalized spacial score (nSPS) is 26.6. The molecule has 0 aromatic heterocycles. The number of allylic oxidation sites excluding steroid dienone is 4. The van der Waals surface area contributed by atoms with Crippen LogP contribution in [0.1, 0.15) is 35.4 Å². The van der Waals surface area contributed by atoms with Crippen LogP contribution in [0, 0.1) is 23.7 Å². The fourth-order valence-electron chi connectivity index (χ4n) is 9.24. The van der Waals surface area contributed by atoms with E-state index < -0.39 is 53.9 Å². The minimum atomic E-state index is -1.79. The molecule has 1 heterocycles. The number of phenols is 1. The molecule has 4 aliphatic rings. The van der Waals surface area contributed by atoms with Crippen LogP contribution in [0.15, 0.2) is 119 Å². The van der Waals surface area contributed by atoms with Crippen molar-refractivity contribution in [1.82, 2.24) is 0 Å². The van der Waals surface area contributed by atoms with Gasteiger partial charge in [0.15, 0.2) is 23.1 Å². The number of phenolic OH excluding ortho intramolecular Hbond substituents is 1. The highest BCUT2D eigenvalue weighted by molar-refractivity contribution is 9.10. The highest BCUT2D eigenvalue weighted by atomic mass is 79.9. The van der Waals surface area contributed by atoms with E-state index in [1.807, 2.05) is 54.6 Å². The summed E-state index contributed by atoms with van der Waals surface area (Å²) in [6.45, 7) is 0. The summed E-state index contributed by atoms with van der Waals surface area (Å²) in [4.78, 5) is 60.1. The average molecular weight is 758 g/mol. The number of hydrogen-bond acceptors (Lipinski definition) is 8. The van der Waals surface area contributed by atoms with Gasteiger partial charge in [-0.05, 0) is 87.2 Å². The summed E-state index contributed by atoms with van der Waals surface area (Å²) >= 11 is 3.48. The lowest BCUT2D eigenvalue weighted by atomic mass is 9.44. The van der Waals surface area contributed by atoms with E-state index in [0.717, 1.165) is 10.5 Å². The van der Waals surface area contributed by atoms with Crippen molar-refractivity contribution >= 4 is 63.2 Å². The summed E-state index contributed by atoms with van der Waals surface area (Å²) in [5.74, 6) is -5.20. The number of rotatable bonds is 6. The number of fused-ring (bicyclic) bond motifs is 4. The second kappa shape index (κ2) is 12.8. The first-order valence-corrected chi connectivity index (χ1v) is 17.9. The summed E-state index contributed by atoms with van der Waals surface area (Å²) in [5, 5.41) is 30.5. The number of anilines is 1. The molecule has 260 valence electrons. The molecule has 4 aromatic carbocycles. The number of Topliss-reactive ketones (excluding diaryl/α,β-unsaturated/α-hetero) is 1. The first-order chi connectivity index (χ1) is 25.1. The molecule has 3 N–H and O–H groups in total. The standard InChI is InChI=1S/C41H33BBrNO8/c1-52-33-18-23(17-32(43)38(33)47)36-27-15-16-28-35(40(49)44(39(28)48)26-14-8-13-25(19-26)42(50)51)30(27)20-31-37(46)29(22-9-4-2-5-10-22)21-34(45)41(31,36)24-11-6-3-7-12-24/h2-15,17-19,21,28,30-31,35-36,47,50-51H,16,20H2,1H3. The van der Waals surface area contributed by atoms with Crippen LogP contribution in [0.3, 0.4) is 0 Å². The lowest BCUT2D eigenvalue weighted by Crippen LogP contribution is -2.58. The lowest BCUT2D eigenvalue weighted by Gasteiger charge is -2.55. The Balaban J connectivity index is 1.36. The predicted octanol–water partition coefficient (Wildman–Crippen LogP) is 4.87. The van der Waals surface area contributed by atoms with Gasteiger partial charge in [0.1, 0.15) is 0 Å². The second-order valence-corrected chi connectivity index (χ2v) is 14.7. The Hall–Kier alpha value is -5.10. The van der Waals surface area contributed by atoms with E-state index in [9.17, 15) is 24.7 Å². The molecule has 9 nitrogen and oxygen atoms in total. The lowest BCUT2D eigenvalue weighted by molar-refractivity contribution is -0.135. The molecule has 8 rings (SSSR count). The van der Waals surface area contributed by atoms with E-state index in [1.54, 1.807) is 36.4 Å². The number of methoxy groups -OCH3 is 1. The van der Waals surface area contributed by atoms with E-state index in [4.69, 9.17) is 4.74 Å². The number of ketones is 2. The molecular weight excluding hydrogens is 725 g/mol. The van der Waals surface area contributed by atoms with E-state index in [1.165, 1.54) is 25.3 Å². The third kappa shape index (κ3) is 4.98. The molecule has 2 amide bonds. The van der Waals surface area contributed by atoms with Crippen molar-refractivity contribution < 1.29 is 39.1 Å². The molecule has 2 fully saturated rings. The number of aromatic hydroxyl groups is 1. The molecule has 6 atom stereocenters. The minimum Gasteiger partial charge on any atom is -0.503 e. The summed E-state index contributed by atoms with van der Waals surface area (Å²) in [6.07, 6.45) is 3.77. The van der Waals surface area contributed by atoms with Crippen LogP contribution in [0.4, 0.5) is 5.69 Å². The number of hydrogen-bond donors (Lipinski definition) is 3. The Kier molecular flexibility index (Phi) is 8.40. The van der Waals surface area contributed by atoms with Gasteiger partial charge in [-0.3, -0.25) is 24.1 Å². The molecule has 0 bridgehead atoms. The summed E-state index contributed by atoms with van der Waals surface area (Å²) in [5.41, 5.74) is 1.83. The molecule has 3 aliphatic carbocycles. The van der Waals surface area contributed by atoms with Crippen molar-refractivity contribution in [2.75, 3.05) is 12.0 Å². The highest BCUT2D eigenvalue weighted by Gasteiger charge is 2.66. The SMILES string of the molecule is COc1cc(C2C3=CCC4C(=O)N(c5cccc(B(O)O)c5)C(=O)C4C3CC3C(=O)C(c4ccccc4)=CC(=O)C32c2ccccc2)cc(Br)c1O. The molecule has 11 heteroatoms. The van der Waals surface area contributed by atoms with Gasteiger partial charge in [-0.1, -0.05) is 84.4 Å². The number of ether oxygens (including phenoxy) is 1. The Bertz CT molecular complexity index is 2220. The molecule has 0 spiro atoms. The molecule has 0 radical (unpaired) electrons. The van der Waals surface area contributed by atoms with Crippen LogP contribution in [0.2, 0.25) is 0 Å². The van der Waals surface area contributed by atoms with Crippen molar-refractivity contribution in [3.8, 4) is 11.5 Å². The highest BCUT2D eigenvalue weighted by Crippen LogP contribution is 2.64. The zero-order chi connectivity index (χ0) is 36.5. The quantitative estimate of drug-likeness (QED) is 0.144.